The molecule has 3 aromatic rings. The largest absolute Gasteiger partial charge is 0.371 e. The van der Waals surface area contributed by atoms with E-state index in [9.17, 15) is 0 Å². The molecule has 1 atom stereocenters. The first-order valence-electron chi connectivity index (χ1n) is 11.6. The predicted molar refractivity (Wildman–Crippen MR) is 133 cm³/mol. The Morgan fingerprint density at radius 3 is 2.16 bits per heavy atom. The molecule has 161 valence electrons. The second-order valence-corrected chi connectivity index (χ2v) is 8.63. The molecule has 4 aliphatic rings. The average Bonchev–Trinajstić information content (AvgIpc) is 2.78. The Balaban J connectivity index is 2.14. The lowest BCUT2D eigenvalue weighted by Crippen LogP contribution is -2.49. The van der Waals surface area contributed by atoms with Crippen LogP contribution < -0.4 is 4.90 Å². The second-order valence-electron chi connectivity index (χ2n) is 8.63. The molecule has 7 rings (SSSR count). The summed E-state index contributed by atoms with van der Waals surface area (Å²) in [6.45, 7) is 17.1. The van der Waals surface area contributed by atoms with Crippen molar-refractivity contribution >= 4 is 5.69 Å². The molecule has 0 N–H and O–H groups in total. The molecule has 1 unspecified atom stereocenters. The highest BCUT2D eigenvalue weighted by atomic mass is 15.2. The predicted octanol–water partition coefficient (Wildman–Crippen LogP) is 6.13. The first kappa shape index (κ1) is 21.6. The summed E-state index contributed by atoms with van der Waals surface area (Å²) in [5, 5.41) is 0. The summed E-state index contributed by atoms with van der Waals surface area (Å²) < 4.78 is 0. The van der Waals surface area contributed by atoms with Crippen molar-refractivity contribution in [2.24, 2.45) is 0 Å². The Bertz CT molecular complexity index is 1040. The van der Waals surface area contributed by atoms with E-state index in [0.717, 1.165) is 32.6 Å². The summed E-state index contributed by atoms with van der Waals surface area (Å²) in [7, 11) is 0. The molecule has 0 saturated heterocycles. The SMILES string of the molecule is [CH2]CN(CC)C1(c2ccccc2)c2ccc(cc2C)CCN(CC)c2ccc1c(C)c2. The number of hydrogen-bond donors (Lipinski definition) is 0. The molecule has 0 amide bonds. The van der Waals surface area contributed by atoms with Gasteiger partial charge in [-0.05, 0) is 92.7 Å². The van der Waals surface area contributed by atoms with Crippen molar-refractivity contribution < 1.29 is 0 Å². The van der Waals surface area contributed by atoms with Crippen LogP contribution in [0.2, 0.25) is 0 Å². The summed E-state index contributed by atoms with van der Waals surface area (Å²) in [6, 6.07) is 25.2. The zero-order valence-corrected chi connectivity index (χ0v) is 19.5. The van der Waals surface area contributed by atoms with Gasteiger partial charge in [0.15, 0.2) is 0 Å². The van der Waals surface area contributed by atoms with Crippen LogP contribution in [0, 0.1) is 20.8 Å². The van der Waals surface area contributed by atoms with E-state index in [0.29, 0.717) is 0 Å². The third kappa shape index (κ3) is 3.57. The Labute approximate surface area is 188 Å². The van der Waals surface area contributed by atoms with Crippen LogP contribution in [-0.2, 0) is 12.0 Å². The van der Waals surface area contributed by atoms with Crippen LogP contribution in [-0.4, -0.2) is 31.1 Å². The minimum absolute atomic E-state index is 0.376. The van der Waals surface area contributed by atoms with E-state index < -0.39 is 0 Å². The minimum atomic E-state index is -0.376. The number of aryl methyl sites for hydroxylation is 2. The van der Waals surface area contributed by atoms with Crippen molar-refractivity contribution in [2.75, 3.05) is 31.1 Å². The monoisotopic (exact) mass is 411 g/mol. The number of rotatable bonds is 5. The van der Waals surface area contributed by atoms with E-state index in [4.69, 9.17) is 0 Å². The molecule has 1 radical (unpaired) electrons. The quantitative estimate of drug-likeness (QED) is 0.498. The summed E-state index contributed by atoms with van der Waals surface area (Å²) in [6.07, 6.45) is 1.06. The fraction of sp³-hybridized carbons (Fsp3) is 0.345. The third-order valence-electron chi connectivity index (χ3n) is 7.02. The molecule has 0 aromatic heterocycles. The topological polar surface area (TPSA) is 6.48 Å². The van der Waals surface area contributed by atoms with Crippen molar-refractivity contribution in [3.8, 4) is 0 Å². The van der Waals surface area contributed by atoms with E-state index in [-0.39, 0.29) is 5.54 Å². The van der Waals surface area contributed by atoms with Crippen molar-refractivity contribution in [3.05, 3.63) is 107 Å². The minimum Gasteiger partial charge on any atom is -0.371 e. The highest BCUT2D eigenvalue weighted by Crippen LogP contribution is 2.45. The Hall–Kier alpha value is -2.58. The lowest BCUT2D eigenvalue weighted by Gasteiger charge is -2.47. The van der Waals surface area contributed by atoms with Gasteiger partial charge in [-0.25, -0.2) is 0 Å². The maximum absolute atomic E-state index is 4.36. The molecule has 0 fully saturated rings. The summed E-state index contributed by atoms with van der Waals surface area (Å²) >= 11 is 0. The van der Waals surface area contributed by atoms with Gasteiger partial charge in [-0.15, -0.1) is 0 Å². The fourth-order valence-electron chi connectivity index (χ4n) is 5.49. The van der Waals surface area contributed by atoms with E-state index >= 15 is 0 Å². The van der Waals surface area contributed by atoms with Gasteiger partial charge < -0.3 is 4.90 Å². The van der Waals surface area contributed by atoms with Gasteiger partial charge in [0.05, 0.1) is 5.54 Å². The number of benzene rings is 3. The van der Waals surface area contributed by atoms with E-state index in [1.165, 1.54) is 39.1 Å². The lowest BCUT2D eigenvalue weighted by atomic mass is 9.72. The van der Waals surface area contributed by atoms with Crippen LogP contribution in [0.3, 0.4) is 0 Å². The fourth-order valence-corrected chi connectivity index (χ4v) is 5.49. The summed E-state index contributed by atoms with van der Waals surface area (Å²) in [5.41, 5.74) is 9.03. The van der Waals surface area contributed by atoms with Crippen LogP contribution >= 0.6 is 0 Å². The third-order valence-corrected chi connectivity index (χ3v) is 7.02. The zero-order valence-electron chi connectivity index (χ0n) is 19.5. The molecule has 4 bridgehead atoms. The maximum atomic E-state index is 4.36. The molecule has 0 saturated carbocycles. The second kappa shape index (κ2) is 8.88. The Morgan fingerprint density at radius 2 is 1.58 bits per heavy atom. The van der Waals surface area contributed by atoms with Gasteiger partial charge in [0.2, 0.25) is 0 Å². The first-order chi connectivity index (χ1) is 15.1. The highest BCUT2D eigenvalue weighted by Gasteiger charge is 2.43. The van der Waals surface area contributed by atoms with Crippen LogP contribution in [0.15, 0.2) is 66.7 Å². The molecule has 31 heavy (non-hydrogen) atoms. The zero-order chi connectivity index (χ0) is 22.0. The molecule has 3 aromatic carbocycles. The van der Waals surface area contributed by atoms with Crippen LogP contribution in [0.5, 0.6) is 0 Å². The molecular weight excluding hydrogens is 376 g/mol. The summed E-state index contributed by atoms with van der Waals surface area (Å²) in [4.78, 5) is 5.01. The normalized spacial score (nSPS) is 18.3. The average molecular weight is 412 g/mol. The van der Waals surface area contributed by atoms with Crippen molar-refractivity contribution in [3.63, 3.8) is 0 Å². The van der Waals surface area contributed by atoms with Crippen LogP contribution in [0.25, 0.3) is 0 Å². The molecule has 0 spiro atoms. The van der Waals surface area contributed by atoms with Gasteiger partial charge in [0.25, 0.3) is 0 Å². The summed E-state index contributed by atoms with van der Waals surface area (Å²) in [5.74, 6) is 0. The van der Waals surface area contributed by atoms with Crippen molar-refractivity contribution in [1.82, 2.24) is 4.90 Å². The van der Waals surface area contributed by atoms with Gasteiger partial charge in [-0.1, -0.05) is 61.5 Å². The molecule has 4 heterocycles. The molecule has 0 aliphatic carbocycles. The van der Waals surface area contributed by atoms with Crippen molar-refractivity contribution in [2.45, 2.75) is 39.7 Å². The van der Waals surface area contributed by atoms with Gasteiger partial charge >= 0.3 is 0 Å². The van der Waals surface area contributed by atoms with E-state index in [1.807, 2.05) is 0 Å². The lowest BCUT2D eigenvalue weighted by molar-refractivity contribution is 0.183. The first-order valence-corrected chi connectivity index (χ1v) is 11.6. The smallest absolute Gasteiger partial charge is 0.0978 e. The number of nitrogens with zero attached hydrogens (tertiary/aromatic N) is 2. The number of likely N-dealkylation sites (N-methyl/N-ethyl adjacent to an activating group) is 1. The van der Waals surface area contributed by atoms with E-state index in [2.05, 4.69) is 111 Å². The van der Waals surface area contributed by atoms with Gasteiger partial charge in [-0.3, -0.25) is 4.90 Å². The highest BCUT2D eigenvalue weighted by molar-refractivity contribution is 5.60. The maximum Gasteiger partial charge on any atom is 0.0978 e. The Morgan fingerprint density at radius 1 is 0.903 bits per heavy atom. The molecule has 2 nitrogen and oxygen atoms in total. The number of anilines is 1. The number of hydrogen-bond acceptors (Lipinski definition) is 2. The van der Waals surface area contributed by atoms with Crippen LogP contribution in [0.4, 0.5) is 5.69 Å². The molecule has 2 heteroatoms. The van der Waals surface area contributed by atoms with Gasteiger partial charge in [0.1, 0.15) is 0 Å². The van der Waals surface area contributed by atoms with Gasteiger partial charge in [0, 0.05) is 18.8 Å². The van der Waals surface area contributed by atoms with Crippen LogP contribution in [0.1, 0.15) is 47.2 Å². The van der Waals surface area contributed by atoms with Crippen molar-refractivity contribution in [1.29, 1.82) is 0 Å². The van der Waals surface area contributed by atoms with Gasteiger partial charge in [-0.2, -0.15) is 0 Å². The molecular formula is C29H35N2. The molecule has 4 aliphatic heterocycles. The Kier molecular flexibility index (Phi) is 6.20. The van der Waals surface area contributed by atoms with E-state index in [1.54, 1.807) is 0 Å². The standard InChI is InChI=1S/C29H35N2/c1-6-30-19-18-24-14-16-27(22(4)20-24)29(31(7-2)8-3,25-12-10-9-11-13-25)28-17-15-26(30)21-23(28)5/h9-17,20-21H,2,6-8,18-19H2,1,3-5H3.